The molecule has 140 valence electrons. The molecule has 0 fully saturated rings. The highest BCUT2D eigenvalue weighted by Gasteiger charge is 2.12. The fourth-order valence-corrected chi connectivity index (χ4v) is 3.23. The fourth-order valence-electron chi connectivity index (χ4n) is 3.23. The van der Waals surface area contributed by atoms with E-state index in [-0.39, 0.29) is 5.56 Å². The summed E-state index contributed by atoms with van der Waals surface area (Å²) in [6, 6.07) is 19.6. The molecule has 2 aromatic carbocycles. The minimum Gasteiger partial charge on any atom is -0.497 e. The van der Waals surface area contributed by atoms with Crippen molar-refractivity contribution < 1.29 is 4.74 Å². The lowest BCUT2D eigenvalue weighted by atomic mass is 9.98. The third kappa shape index (κ3) is 3.60. The van der Waals surface area contributed by atoms with Crippen LogP contribution >= 0.6 is 0 Å². The van der Waals surface area contributed by atoms with Crippen LogP contribution < -0.4 is 10.3 Å². The first-order valence-corrected chi connectivity index (χ1v) is 9.06. The molecule has 0 aliphatic heterocycles. The molecule has 28 heavy (non-hydrogen) atoms. The SMILES string of the molecule is COc1ccc(-c2cc(=O)n(C)cc2-c2cnn(Cc3ccccc3)c2)cc1. The van der Waals surface area contributed by atoms with Gasteiger partial charge in [0.15, 0.2) is 0 Å². The van der Waals surface area contributed by atoms with Gasteiger partial charge in [-0.3, -0.25) is 9.48 Å². The average Bonchev–Trinajstić information content (AvgIpc) is 3.19. The van der Waals surface area contributed by atoms with Gasteiger partial charge in [-0.15, -0.1) is 0 Å². The molecule has 4 aromatic rings. The summed E-state index contributed by atoms with van der Waals surface area (Å²) in [7, 11) is 3.40. The molecule has 0 N–H and O–H groups in total. The van der Waals surface area contributed by atoms with E-state index in [1.54, 1.807) is 24.8 Å². The Hall–Kier alpha value is -3.60. The van der Waals surface area contributed by atoms with E-state index >= 15 is 0 Å². The Morgan fingerprint density at radius 2 is 1.68 bits per heavy atom. The van der Waals surface area contributed by atoms with Crippen LogP contribution in [0.15, 0.2) is 84.0 Å². The molecule has 0 bridgehead atoms. The number of hydrogen-bond acceptors (Lipinski definition) is 3. The summed E-state index contributed by atoms with van der Waals surface area (Å²) in [6.07, 6.45) is 5.72. The van der Waals surface area contributed by atoms with Crippen molar-refractivity contribution in [1.82, 2.24) is 14.3 Å². The van der Waals surface area contributed by atoms with Crippen molar-refractivity contribution >= 4 is 0 Å². The monoisotopic (exact) mass is 371 g/mol. The Kier molecular flexibility index (Phi) is 4.81. The van der Waals surface area contributed by atoms with Crippen molar-refractivity contribution in [3.8, 4) is 28.0 Å². The van der Waals surface area contributed by atoms with Crippen LogP contribution in [-0.4, -0.2) is 21.5 Å². The van der Waals surface area contributed by atoms with E-state index in [0.717, 1.165) is 28.0 Å². The van der Waals surface area contributed by atoms with Gasteiger partial charge in [-0.25, -0.2) is 0 Å². The molecule has 0 atom stereocenters. The van der Waals surface area contributed by atoms with E-state index in [0.29, 0.717) is 6.54 Å². The normalized spacial score (nSPS) is 10.8. The van der Waals surface area contributed by atoms with E-state index in [9.17, 15) is 4.79 Å². The lowest BCUT2D eigenvalue weighted by molar-refractivity contribution is 0.415. The predicted molar refractivity (Wildman–Crippen MR) is 110 cm³/mol. The quantitative estimate of drug-likeness (QED) is 0.533. The molecule has 0 spiro atoms. The van der Waals surface area contributed by atoms with Gasteiger partial charge in [-0.1, -0.05) is 42.5 Å². The van der Waals surface area contributed by atoms with Crippen molar-refractivity contribution in [2.24, 2.45) is 7.05 Å². The van der Waals surface area contributed by atoms with Crippen molar-refractivity contribution in [2.45, 2.75) is 6.54 Å². The molecule has 0 saturated heterocycles. The number of nitrogens with zero attached hydrogens (tertiary/aromatic N) is 3. The first kappa shape index (κ1) is 17.8. The summed E-state index contributed by atoms with van der Waals surface area (Å²) in [6.45, 7) is 0.699. The molecule has 0 aliphatic carbocycles. The molecule has 2 heterocycles. The predicted octanol–water partition coefficient (Wildman–Crippen LogP) is 3.97. The lowest BCUT2D eigenvalue weighted by Gasteiger charge is -2.11. The number of benzene rings is 2. The Labute approximate surface area is 163 Å². The maximum absolute atomic E-state index is 12.3. The van der Waals surface area contributed by atoms with Crippen molar-refractivity contribution in [3.05, 3.63) is 95.2 Å². The number of ether oxygens (including phenoxy) is 1. The number of aromatic nitrogens is 3. The first-order chi connectivity index (χ1) is 13.6. The number of hydrogen-bond donors (Lipinski definition) is 0. The highest BCUT2D eigenvalue weighted by Crippen LogP contribution is 2.31. The van der Waals surface area contributed by atoms with Crippen LogP contribution in [0.3, 0.4) is 0 Å². The second-order valence-electron chi connectivity index (χ2n) is 6.69. The summed E-state index contributed by atoms with van der Waals surface area (Å²) in [5, 5.41) is 4.51. The number of aryl methyl sites for hydroxylation is 1. The second-order valence-corrected chi connectivity index (χ2v) is 6.69. The summed E-state index contributed by atoms with van der Waals surface area (Å²) in [4.78, 5) is 12.3. The molecule has 0 unspecified atom stereocenters. The summed E-state index contributed by atoms with van der Waals surface area (Å²) < 4.78 is 8.75. The van der Waals surface area contributed by atoms with Crippen molar-refractivity contribution in [1.29, 1.82) is 0 Å². The number of pyridine rings is 1. The molecule has 5 heteroatoms. The molecule has 4 rings (SSSR count). The molecule has 2 aromatic heterocycles. The Balaban J connectivity index is 1.75. The van der Waals surface area contributed by atoms with Gasteiger partial charge in [0.25, 0.3) is 5.56 Å². The van der Waals surface area contributed by atoms with Crippen molar-refractivity contribution in [3.63, 3.8) is 0 Å². The van der Waals surface area contributed by atoms with Gasteiger partial charge in [0.05, 0.1) is 19.9 Å². The first-order valence-electron chi connectivity index (χ1n) is 9.06. The largest absolute Gasteiger partial charge is 0.497 e. The molecule has 0 amide bonds. The topological polar surface area (TPSA) is 49.1 Å². The van der Waals surface area contributed by atoms with Crippen LogP contribution in [-0.2, 0) is 13.6 Å². The molecular weight excluding hydrogens is 350 g/mol. The van der Waals surface area contributed by atoms with Gasteiger partial charge < -0.3 is 9.30 Å². The standard InChI is InChI=1S/C23H21N3O2/c1-25-16-22(19-13-24-26(15-19)14-17-6-4-3-5-7-17)21(12-23(25)27)18-8-10-20(28-2)11-9-18/h3-13,15-16H,14H2,1-2H3. The van der Waals surface area contributed by atoms with Gasteiger partial charge in [0.2, 0.25) is 0 Å². The third-order valence-electron chi connectivity index (χ3n) is 4.76. The molecule has 5 nitrogen and oxygen atoms in total. The summed E-state index contributed by atoms with van der Waals surface area (Å²) >= 11 is 0. The van der Waals surface area contributed by atoms with E-state index in [4.69, 9.17) is 4.74 Å². The van der Waals surface area contributed by atoms with Gasteiger partial charge in [0.1, 0.15) is 5.75 Å². The average molecular weight is 371 g/mol. The van der Waals surface area contributed by atoms with Gasteiger partial charge in [-0.05, 0) is 28.8 Å². The van der Waals surface area contributed by atoms with Gasteiger partial charge >= 0.3 is 0 Å². The van der Waals surface area contributed by atoms with Gasteiger partial charge in [-0.2, -0.15) is 5.10 Å². The van der Waals surface area contributed by atoms with Crippen LogP contribution in [0.2, 0.25) is 0 Å². The van der Waals surface area contributed by atoms with Crippen LogP contribution in [0, 0.1) is 0 Å². The zero-order chi connectivity index (χ0) is 19.5. The van der Waals surface area contributed by atoms with Crippen LogP contribution in [0.1, 0.15) is 5.56 Å². The smallest absolute Gasteiger partial charge is 0.250 e. The summed E-state index contributed by atoms with van der Waals surface area (Å²) in [5.41, 5.74) is 4.91. The number of rotatable bonds is 5. The van der Waals surface area contributed by atoms with E-state index < -0.39 is 0 Å². The fraction of sp³-hybridized carbons (Fsp3) is 0.130. The van der Waals surface area contributed by atoms with Crippen molar-refractivity contribution in [2.75, 3.05) is 7.11 Å². The highest BCUT2D eigenvalue weighted by molar-refractivity contribution is 5.82. The zero-order valence-corrected chi connectivity index (χ0v) is 15.9. The van der Waals surface area contributed by atoms with Gasteiger partial charge in [0, 0.05) is 36.6 Å². The van der Waals surface area contributed by atoms with E-state index in [1.165, 1.54) is 5.56 Å². The lowest BCUT2D eigenvalue weighted by Crippen LogP contribution is -2.15. The van der Waals surface area contributed by atoms with Crippen LogP contribution in [0.4, 0.5) is 0 Å². The van der Waals surface area contributed by atoms with Crippen LogP contribution in [0.25, 0.3) is 22.3 Å². The van der Waals surface area contributed by atoms with E-state index in [2.05, 4.69) is 17.2 Å². The highest BCUT2D eigenvalue weighted by atomic mass is 16.5. The Bertz CT molecular complexity index is 1140. The molecule has 0 saturated carbocycles. The minimum absolute atomic E-state index is 0.0498. The molecule has 0 aliphatic rings. The Morgan fingerprint density at radius 3 is 2.39 bits per heavy atom. The minimum atomic E-state index is -0.0498. The Morgan fingerprint density at radius 1 is 0.929 bits per heavy atom. The maximum Gasteiger partial charge on any atom is 0.250 e. The maximum atomic E-state index is 12.3. The number of methoxy groups -OCH3 is 1. The summed E-state index contributed by atoms with van der Waals surface area (Å²) in [5.74, 6) is 0.782. The second kappa shape index (κ2) is 7.56. The van der Waals surface area contributed by atoms with Crippen LogP contribution in [0.5, 0.6) is 5.75 Å². The molecular formula is C23H21N3O2. The zero-order valence-electron chi connectivity index (χ0n) is 15.9. The third-order valence-corrected chi connectivity index (χ3v) is 4.76. The van der Waals surface area contributed by atoms with E-state index in [1.807, 2.05) is 65.7 Å². The molecule has 0 radical (unpaired) electrons.